The summed E-state index contributed by atoms with van der Waals surface area (Å²) in [6.45, 7) is 3.25. The van der Waals surface area contributed by atoms with Crippen LogP contribution in [0.25, 0.3) is 0 Å². The maximum atomic E-state index is 12.5. The molecule has 1 aliphatic rings. The van der Waals surface area contributed by atoms with Gasteiger partial charge in [-0.1, -0.05) is 23.7 Å². The highest BCUT2D eigenvalue weighted by Crippen LogP contribution is 2.23. The zero-order chi connectivity index (χ0) is 16.4. The number of benzene rings is 1. The van der Waals surface area contributed by atoms with Crippen LogP contribution in [0.3, 0.4) is 0 Å². The van der Waals surface area contributed by atoms with Crippen LogP contribution in [-0.4, -0.2) is 28.9 Å². The smallest absolute Gasteiger partial charge is 0.254 e. The van der Waals surface area contributed by atoms with Gasteiger partial charge in [-0.15, -0.1) is 0 Å². The Morgan fingerprint density at radius 2 is 2.04 bits per heavy atom. The number of hydrogen-bond acceptors (Lipinski definition) is 2. The normalized spacial score (nSPS) is 17.5. The van der Waals surface area contributed by atoms with Gasteiger partial charge in [0.2, 0.25) is 5.56 Å². The Labute approximate surface area is 140 Å². The molecule has 1 aromatic heterocycles. The van der Waals surface area contributed by atoms with Gasteiger partial charge in [0, 0.05) is 35.4 Å². The lowest BCUT2D eigenvalue weighted by Crippen LogP contribution is -2.30. The number of aromatic amines is 1. The van der Waals surface area contributed by atoms with Crippen molar-refractivity contribution in [1.82, 2.24) is 9.88 Å². The number of pyridine rings is 1. The van der Waals surface area contributed by atoms with Gasteiger partial charge in [0.15, 0.2) is 0 Å². The first-order valence-corrected chi connectivity index (χ1v) is 8.14. The summed E-state index contributed by atoms with van der Waals surface area (Å²) in [6.07, 6.45) is 1.92. The second-order valence-corrected chi connectivity index (χ2v) is 6.59. The number of hydrogen-bond donors (Lipinski definition) is 1. The van der Waals surface area contributed by atoms with Crippen LogP contribution < -0.4 is 5.56 Å². The molecular formula is C18H19ClN2O2. The summed E-state index contributed by atoms with van der Waals surface area (Å²) < 4.78 is 0. The molecule has 1 fully saturated rings. The Morgan fingerprint density at radius 1 is 1.30 bits per heavy atom. The molecule has 2 aromatic rings. The van der Waals surface area contributed by atoms with Crippen LogP contribution in [0.4, 0.5) is 0 Å². The molecule has 2 heterocycles. The van der Waals surface area contributed by atoms with E-state index < -0.39 is 0 Å². The summed E-state index contributed by atoms with van der Waals surface area (Å²) >= 11 is 5.91. The van der Waals surface area contributed by atoms with Crippen molar-refractivity contribution >= 4 is 17.5 Å². The molecular weight excluding hydrogens is 312 g/mol. The molecule has 0 radical (unpaired) electrons. The lowest BCUT2D eigenvalue weighted by molar-refractivity contribution is 0.0786. The molecule has 23 heavy (non-hydrogen) atoms. The van der Waals surface area contributed by atoms with Crippen LogP contribution in [0.1, 0.15) is 28.0 Å². The van der Waals surface area contributed by atoms with E-state index in [1.54, 1.807) is 13.0 Å². The number of carbonyl (C=O) groups excluding carboxylic acids is 1. The number of likely N-dealkylation sites (tertiary alicyclic amines) is 1. The van der Waals surface area contributed by atoms with Gasteiger partial charge in [0.25, 0.3) is 5.91 Å². The molecule has 4 nitrogen and oxygen atoms in total. The summed E-state index contributed by atoms with van der Waals surface area (Å²) in [7, 11) is 0. The maximum absolute atomic E-state index is 12.5. The van der Waals surface area contributed by atoms with E-state index in [1.807, 2.05) is 29.2 Å². The zero-order valence-electron chi connectivity index (χ0n) is 13.0. The molecule has 1 unspecified atom stereocenters. The average molecular weight is 331 g/mol. The molecule has 1 atom stereocenters. The van der Waals surface area contributed by atoms with Crippen LogP contribution in [0.5, 0.6) is 0 Å². The van der Waals surface area contributed by atoms with Gasteiger partial charge in [0.1, 0.15) is 0 Å². The van der Waals surface area contributed by atoms with Gasteiger partial charge in [-0.05, 0) is 49.4 Å². The number of aryl methyl sites for hydroxylation is 1. The molecule has 3 rings (SSSR count). The van der Waals surface area contributed by atoms with E-state index in [-0.39, 0.29) is 11.5 Å². The number of H-pyrrole nitrogens is 1. The highest BCUT2D eigenvalue weighted by molar-refractivity contribution is 6.30. The first-order chi connectivity index (χ1) is 11.0. The van der Waals surface area contributed by atoms with Gasteiger partial charge in [-0.25, -0.2) is 0 Å². The molecule has 0 spiro atoms. The quantitative estimate of drug-likeness (QED) is 0.940. The van der Waals surface area contributed by atoms with Crippen LogP contribution in [0.2, 0.25) is 5.02 Å². The van der Waals surface area contributed by atoms with E-state index >= 15 is 0 Å². The summed E-state index contributed by atoms with van der Waals surface area (Å²) in [6, 6.07) is 11.0. The van der Waals surface area contributed by atoms with E-state index in [4.69, 9.17) is 11.6 Å². The third kappa shape index (κ3) is 3.82. The van der Waals surface area contributed by atoms with Crippen molar-refractivity contribution in [2.45, 2.75) is 19.8 Å². The number of aromatic nitrogens is 1. The predicted molar refractivity (Wildman–Crippen MR) is 91.0 cm³/mol. The SMILES string of the molecule is Cc1cc(C(=O)N2CCC(Cc3ccc(Cl)cc3)C2)cc(=O)[nH]1. The van der Waals surface area contributed by atoms with Gasteiger partial charge in [-0.2, -0.15) is 0 Å². The van der Waals surface area contributed by atoms with E-state index in [0.717, 1.165) is 31.0 Å². The minimum absolute atomic E-state index is 0.0576. The second kappa shape index (κ2) is 6.59. The Balaban J connectivity index is 1.66. The minimum Gasteiger partial charge on any atom is -0.338 e. The topological polar surface area (TPSA) is 53.2 Å². The second-order valence-electron chi connectivity index (χ2n) is 6.15. The van der Waals surface area contributed by atoms with Crippen molar-refractivity contribution in [2.24, 2.45) is 5.92 Å². The van der Waals surface area contributed by atoms with Gasteiger partial charge >= 0.3 is 0 Å². The summed E-state index contributed by atoms with van der Waals surface area (Å²) in [4.78, 5) is 28.6. The summed E-state index contributed by atoms with van der Waals surface area (Å²) in [5.41, 5.74) is 2.18. The van der Waals surface area contributed by atoms with Gasteiger partial charge in [0.05, 0.1) is 0 Å². The van der Waals surface area contributed by atoms with Crippen molar-refractivity contribution in [3.05, 3.63) is 68.6 Å². The molecule has 0 saturated carbocycles. The average Bonchev–Trinajstić information content (AvgIpc) is 2.96. The third-order valence-electron chi connectivity index (χ3n) is 4.24. The molecule has 1 aliphatic heterocycles. The van der Waals surface area contributed by atoms with Gasteiger partial charge in [-0.3, -0.25) is 9.59 Å². The molecule has 1 saturated heterocycles. The zero-order valence-corrected chi connectivity index (χ0v) is 13.8. The number of nitrogens with one attached hydrogen (secondary N) is 1. The summed E-state index contributed by atoms with van der Waals surface area (Å²) in [5, 5.41) is 0.738. The van der Waals surface area contributed by atoms with Crippen molar-refractivity contribution in [3.8, 4) is 0 Å². The third-order valence-corrected chi connectivity index (χ3v) is 4.49. The maximum Gasteiger partial charge on any atom is 0.254 e. The van der Waals surface area contributed by atoms with Crippen LogP contribution in [-0.2, 0) is 6.42 Å². The molecule has 0 aliphatic carbocycles. The predicted octanol–water partition coefficient (Wildman–Crippen LogP) is 3.04. The molecule has 0 bridgehead atoms. The first kappa shape index (κ1) is 15.8. The fraction of sp³-hybridized carbons (Fsp3) is 0.333. The van der Waals surface area contributed by atoms with E-state index in [0.29, 0.717) is 17.2 Å². The minimum atomic E-state index is -0.231. The van der Waals surface area contributed by atoms with E-state index in [9.17, 15) is 9.59 Å². The van der Waals surface area contributed by atoms with Crippen LogP contribution >= 0.6 is 11.6 Å². The summed E-state index contributed by atoms with van der Waals surface area (Å²) in [5.74, 6) is 0.390. The van der Waals surface area contributed by atoms with Crippen molar-refractivity contribution in [1.29, 1.82) is 0 Å². The monoisotopic (exact) mass is 330 g/mol. The Hall–Kier alpha value is -2.07. The van der Waals surface area contributed by atoms with Crippen LogP contribution in [0.15, 0.2) is 41.2 Å². The number of rotatable bonds is 3. The lowest BCUT2D eigenvalue weighted by Gasteiger charge is -2.17. The Kier molecular flexibility index (Phi) is 4.53. The Morgan fingerprint density at radius 3 is 2.74 bits per heavy atom. The van der Waals surface area contributed by atoms with Crippen molar-refractivity contribution in [2.75, 3.05) is 13.1 Å². The van der Waals surface area contributed by atoms with Crippen molar-refractivity contribution < 1.29 is 4.79 Å². The molecule has 1 amide bonds. The first-order valence-electron chi connectivity index (χ1n) is 7.76. The van der Waals surface area contributed by atoms with Gasteiger partial charge < -0.3 is 9.88 Å². The van der Waals surface area contributed by atoms with Crippen LogP contribution in [0, 0.1) is 12.8 Å². The van der Waals surface area contributed by atoms with Crippen molar-refractivity contribution in [3.63, 3.8) is 0 Å². The molecule has 5 heteroatoms. The number of amides is 1. The lowest BCUT2D eigenvalue weighted by atomic mass is 9.99. The molecule has 1 aromatic carbocycles. The highest BCUT2D eigenvalue weighted by atomic mass is 35.5. The largest absolute Gasteiger partial charge is 0.338 e. The molecule has 1 N–H and O–H groups in total. The number of halogens is 1. The molecule has 120 valence electrons. The Bertz CT molecular complexity index is 767. The highest BCUT2D eigenvalue weighted by Gasteiger charge is 2.27. The fourth-order valence-electron chi connectivity index (χ4n) is 3.13. The van der Waals surface area contributed by atoms with E-state index in [2.05, 4.69) is 4.98 Å². The van der Waals surface area contributed by atoms with E-state index in [1.165, 1.54) is 11.6 Å². The fourth-order valence-corrected chi connectivity index (χ4v) is 3.25. The number of carbonyl (C=O) groups is 1. The standard InChI is InChI=1S/C18H19ClN2O2/c1-12-8-15(10-17(22)20-12)18(23)21-7-6-14(11-21)9-13-2-4-16(19)5-3-13/h2-5,8,10,14H,6-7,9,11H2,1H3,(H,20,22). The number of nitrogens with zero attached hydrogens (tertiary/aromatic N) is 1.